The summed E-state index contributed by atoms with van der Waals surface area (Å²) in [6.07, 6.45) is 2.10. The number of carbonyl (C=O) groups excluding carboxylic acids is 1. The van der Waals surface area contributed by atoms with Crippen molar-refractivity contribution in [3.8, 4) is 11.3 Å². The van der Waals surface area contributed by atoms with Crippen LogP contribution in [0.1, 0.15) is 23.6 Å². The predicted molar refractivity (Wildman–Crippen MR) is 100 cm³/mol. The summed E-state index contributed by atoms with van der Waals surface area (Å²) in [4.78, 5) is 31.2. The molecule has 1 fully saturated rings. The summed E-state index contributed by atoms with van der Waals surface area (Å²) in [5.74, 6) is 0.0160. The molecular weight excluding hydrogens is 328 g/mol. The summed E-state index contributed by atoms with van der Waals surface area (Å²) in [6, 6.07) is 11.4. The summed E-state index contributed by atoms with van der Waals surface area (Å²) >= 11 is 0. The SMILES string of the molecule is C=CCN1CC(c2cc(=O)n3[nH]c(-c4ccccc4)c(C)c3n2)CC1=O. The molecular formula is C20H20N4O2. The fourth-order valence-corrected chi connectivity index (χ4v) is 3.56. The van der Waals surface area contributed by atoms with E-state index in [1.807, 2.05) is 37.3 Å². The Morgan fingerprint density at radius 1 is 1.31 bits per heavy atom. The van der Waals surface area contributed by atoms with E-state index in [1.54, 1.807) is 11.0 Å². The monoisotopic (exact) mass is 348 g/mol. The number of fused-ring (bicyclic) bond motifs is 1. The lowest BCUT2D eigenvalue weighted by Crippen LogP contribution is -2.25. The van der Waals surface area contributed by atoms with Crippen LogP contribution in [-0.2, 0) is 4.79 Å². The van der Waals surface area contributed by atoms with Gasteiger partial charge in [-0.2, -0.15) is 0 Å². The van der Waals surface area contributed by atoms with E-state index in [0.717, 1.165) is 16.8 Å². The highest BCUT2D eigenvalue weighted by Gasteiger charge is 2.31. The molecule has 6 nitrogen and oxygen atoms in total. The van der Waals surface area contributed by atoms with Gasteiger partial charge in [0.25, 0.3) is 5.56 Å². The molecule has 1 aromatic carbocycles. The van der Waals surface area contributed by atoms with E-state index in [0.29, 0.717) is 30.9 Å². The molecule has 26 heavy (non-hydrogen) atoms. The maximum absolute atomic E-state index is 12.6. The zero-order valence-corrected chi connectivity index (χ0v) is 14.6. The van der Waals surface area contributed by atoms with Gasteiger partial charge in [-0.15, -0.1) is 6.58 Å². The molecule has 1 aliphatic rings. The van der Waals surface area contributed by atoms with Crippen LogP contribution < -0.4 is 5.56 Å². The topological polar surface area (TPSA) is 70.5 Å². The third-order valence-electron chi connectivity index (χ3n) is 4.92. The molecule has 6 heteroatoms. The van der Waals surface area contributed by atoms with E-state index >= 15 is 0 Å². The molecule has 1 unspecified atom stereocenters. The summed E-state index contributed by atoms with van der Waals surface area (Å²) in [7, 11) is 0. The second-order valence-electron chi connectivity index (χ2n) is 6.64. The quantitative estimate of drug-likeness (QED) is 0.737. The molecule has 3 aromatic rings. The Labute approximate surface area is 150 Å². The summed E-state index contributed by atoms with van der Waals surface area (Å²) in [5, 5.41) is 3.16. The van der Waals surface area contributed by atoms with Crippen molar-refractivity contribution in [1.82, 2.24) is 19.5 Å². The van der Waals surface area contributed by atoms with Gasteiger partial charge in [-0.25, -0.2) is 9.50 Å². The van der Waals surface area contributed by atoms with Crippen LogP contribution in [0.25, 0.3) is 16.9 Å². The van der Waals surface area contributed by atoms with Crippen LogP contribution in [0, 0.1) is 6.92 Å². The van der Waals surface area contributed by atoms with Gasteiger partial charge in [0.2, 0.25) is 5.91 Å². The maximum atomic E-state index is 12.6. The van der Waals surface area contributed by atoms with Crippen LogP contribution in [0.5, 0.6) is 0 Å². The van der Waals surface area contributed by atoms with Crippen molar-refractivity contribution in [3.05, 3.63) is 70.7 Å². The van der Waals surface area contributed by atoms with E-state index in [4.69, 9.17) is 4.98 Å². The van der Waals surface area contributed by atoms with Crippen molar-refractivity contribution in [2.24, 2.45) is 0 Å². The van der Waals surface area contributed by atoms with Crippen molar-refractivity contribution in [2.75, 3.05) is 13.1 Å². The molecule has 1 N–H and O–H groups in total. The summed E-state index contributed by atoms with van der Waals surface area (Å²) in [6.45, 7) is 6.74. The second kappa shape index (κ2) is 6.29. The molecule has 0 spiro atoms. The largest absolute Gasteiger partial charge is 0.338 e. The maximum Gasteiger partial charge on any atom is 0.272 e. The number of hydrogen-bond donors (Lipinski definition) is 1. The Morgan fingerprint density at radius 3 is 2.81 bits per heavy atom. The number of rotatable bonds is 4. The number of benzene rings is 1. The Hall–Kier alpha value is -3.15. The smallest absolute Gasteiger partial charge is 0.272 e. The number of aromatic nitrogens is 3. The van der Waals surface area contributed by atoms with Crippen molar-refractivity contribution in [2.45, 2.75) is 19.3 Å². The first-order valence-electron chi connectivity index (χ1n) is 8.65. The lowest BCUT2D eigenvalue weighted by atomic mass is 10.0. The number of aromatic amines is 1. The molecule has 1 atom stereocenters. The molecule has 2 aromatic heterocycles. The first kappa shape index (κ1) is 16.3. The molecule has 1 saturated heterocycles. The van der Waals surface area contributed by atoms with Crippen LogP contribution in [0.3, 0.4) is 0 Å². The van der Waals surface area contributed by atoms with Gasteiger partial charge in [0.05, 0.1) is 11.4 Å². The van der Waals surface area contributed by atoms with Gasteiger partial charge in [0.1, 0.15) is 0 Å². The van der Waals surface area contributed by atoms with Crippen LogP contribution in [-0.4, -0.2) is 38.5 Å². The van der Waals surface area contributed by atoms with E-state index in [1.165, 1.54) is 10.6 Å². The average molecular weight is 348 g/mol. The van der Waals surface area contributed by atoms with E-state index in [2.05, 4.69) is 11.7 Å². The normalized spacial score (nSPS) is 17.2. The summed E-state index contributed by atoms with van der Waals surface area (Å²) < 4.78 is 1.47. The number of nitrogens with one attached hydrogen (secondary N) is 1. The standard InChI is InChI=1S/C20H20N4O2/c1-3-9-23-12-15(10-17(23)25)16-11-18(26)24-20(21-16)13(2)19(22-24)14-7-5-4-6-8-14/h3-8,11,15,22H,1,9-10,12H2,2H3. The van der Waals surface area contributed by atoms with E-state index < -0.39 is 0 Å². The lowest BCUT2D eigenvalue weighted by molar-refractivity contribution is -0.127. The number of amides is 1. The number of carbonyl (C=O) groups is 1. The van der Waals surface area contributed by atoms with E-state index in [-0.39, 0.29) is 17.4 Å². The molecule has 3 heterocycles. The van der Waals surface area contributed by atoms with Crippen molar-refractivity contribution >= 4 is 11.6 Å². The molecule has 0 aliphatic carbocycles. The van der Waals surface area contributed by atoms with Gasteiger partial charge < -0.3 is 4.90 Å². The first-order chi connectivity index (χ1) is 12.6. The van der Waals surface area contributed by atoms with Gasteiger partial charge >= 0.3 is 0 Å². The van der Waals surface area contributed by atoms with Gasteiger partial charge in [0.15, 0.2) is 5.65 Å². The molecule has 1 amide bonds. The minimum absolute atomic E-state index is 0.0605. The molecule has 1 aliphatic heterocycles. The highest BCUT2D eigenvalue weighted by Crippen LogP contribution is 2.28. The zero-order chi connectivity index (χ0) is 18.3. The minimum Gasteiger partial charge on any atom is -0.338 e. The first-order valence-corrected chi connectivity index (χ1v) is 8.65. The van der Waals surface area contributed by atoms with Crippen LogP contribution in [0.2, 0.25) is 0 Å². The minimum atomic E-state index is -0.162. The van der Waals surface area contributed by atoms with Gasteiger partial charge in [-0.1, -0.05) is 36.4 Å². The highest BCUT2D eigenvalue weighted by molar-refractivity contribution is 5.80. The number of aryl methyl sites for hydroxylation is 1. The number of H-pyrrole nitrogens is 1. The van der Waals surface area contributed by atoms with E-state index in [9.17, 15) is 9.59 Å². The van der Waals surface area contributed by atoms with Gasteiger partial charge in [0, 0.05) is 37.1 Å². The van der Waals surface area contributed by atoms with Crippen molar-refractivity contribution in [1.29, 1.82) is 0 Å². The number of likely N-dealkylation sites (tertiary alicyclic amines) is 1. The molecule has 132 valence electrons. The Kier molecular flexibility index (Phi) is 3.95. The summed E-state index contributed by atoms with van der Waals surface area (Å²) in [5.41, 5.74) is 3.93. The zero-order valence-electron chi connectivity index (χ0n) is 14.6. The highest BCUT2D eigenvalue weighted by atomic mass is 16.2. The number of hydrogen-bond acceptors (Lipinski definition) is 3. The Balaban J connectivity index is 1.78. The average Bonchev–Trinajstić information content (AvgIpc) is 3.17. The number of nitrogens with zero attached hydrogens (tertiary/aromatic N) is 3. The van der Waals surface area contributed by atoms with Crippen LogP contribution >= 0.6 is 0 Å². The fraction of sp³-hybridized carbons (Fsp3) is 0.250. The van der Waals surface area contributed by atoms with Crippen molar-refractivity contribution < 1.29 is 4.79 Å². The third-order valence-corrected chi connectivity index (χ3v) is 4.92. The molecule has 0 saturated carbocycles. The Bertz CT molecular complexity index is 1050. The molecule has 0 radical (unpaired) electrons. The predicted octanol–water partition coefficient (Wildman–Crippen LogP) is 2.50. The van der Waals surface area contributed by atoms with Crippen LogP contribution in [0.4, 0.5) is 0 Å². The lowest BCUT2D eigenvalue weighted by Gasteiger charge is -2.13. The van der Waals surface area contributed by atoms with Crippen LogP contribution in [0.15, 0.2) is 53.8 Å². The molecule has 4 rings (SSSR count). The third kappa shape index (κ3) is 2.63. The second-order valence-corrected chi connectivity index (χ2v) is 6.64. The fourth-order valence-electron chi connectivity index (χ4n) is 3.56. The Morgan fingerprint density at radius 2 is 2.08 bits per heavy atom. The van der Waals surface area contributed by atoms with Gasteiger partial charge in [-0.05, 0) is 12.5 Å². The van der Waals surface area contributed by atoms with Gasteiger partial charge in [-0.3, -0.25) is 14.7 Å². The molecule has 0 bridgehead atoms. The van der Waals surface area contributed by atoms with Crippen molar-refractivity contribution in [3.63, 3.8) is 0 Å².